The van der Waals surface area contributed by atoms with E-state index in [1.165, 1.54) is 12.3 Å². The summed E-state index contributed by atoms with van der Waals surface area (Å²) in [7, 11) is 0. The Kier molecular flexibility index (Phi) is 4.65. The van der Waals surface area contributed by atoms with Gasteiger partial charge in [0.15, 0.2) is 0 Å². The highest BCUT2D eigenvalue weighted by atomic mass is 19.4. The molecule has 1 aliphatic heterocycles. The van der Waals surface area contributed by atoms with Crippen molar-refractivity contribution >= 4 is 11.7 Å². The lowest BCUT2D eigenvalue weighted by Crippen LogP contribution is -2.45. The molecule has 0 atom stereocenters. The first kappa shape index (κ1) is 17.2. The van der Waals surface area contributed by atoms with Crippen LogP contribution in [-0.2, 0) is 6.18 Å². The van der Waals surface area contributed by atoms with Gasteiger partial charge in [0, 0.05) is 25.3 Å². The fourth-order valence-electron chi connectivity index (χ4n) is 2.79. The Hall–Kier alpha value is -2.58. The fourth-order valence-corrected chi connectivity index (χ4v) is 2.79. The van der Waals surface area contributed by atoms with E-state index in [9.17, 15) is 18.0 Å². The average molecular weight is 353 g/mol. The van der Waals surface area contributed by atoms with Crippen molar-refractivity contribution in [1.29, 1.82) is 0 Å². The highest BCUT2D eigenvalue weighted by Gasteiger charge is 2.31. The van der Waals surface area contributed by atoms with E-state index in [4.69, 9.17) is 0 Å². The van der Waals surface area contributed by atoms with E-state index in [-0.39, 0.29) is 11.9 Å². The van der Waals surface area contributed by atoms with Crippen molar-refractivity contribution in [3.8, 4) is 0 Å². The number of carbonyl (C=O) groups is 1. The Morgan fingerprint density at radius 3 is 2.48 bits per heavy atom. The van der Waals surface area contributed by atoms with E-state index in [2.05, 4.69) is 20.3 Å². The number of imidazole rings is 1. The minimum Gasteiger partial charge on any atom is -0.356 e. The van der Waals surface area contributed by atoms with Crippen molar-refractivity contribution in [2.75, 3.05) is 18.0 Å². The first-order valence-corrected chi connectivity index (χ1v) is 7.93. The number of alkyl halides is 3. The molecule has 0 bridgehead atoms. The van der Waals surface area contributed by atoms with Gasteiger partial charge < -0.3 is 15.2 Å². The molecule has 2 N–H and O–H groups in total. The smallest absolute Gasteiger partial charge is 0.356 e. The quantitative estimate of drug-likeness (QED) is 0.889. The van der Waals surface area contributed by atoms with E-state index in [1.54, 1.807) is 6.92 Å². The van der Waals surface area contributed by atoms with Gasteiger partial charge in [-0.15, -0.1) is 0 Å². The number of nitrogens with zero attached hydrogens (tertiary/aromatic N) is 3. The van der Waals surface area contributed by atoms with E-state index < -0.39 is 11.7 Å². The molecule has 2 aromatic rings. The van der Waals surface area contributed by atoms with Crippen LogP contribution >= 0.6 is 0 Å². The van der Waals surface area contributed by atoms with Crippen LogP contribution in [-0.4, -0.2) is 40.0 Å². The molecule has 0 radical (unpaired) electrons. The van der Waals surface area contributed by atoms with Crippen molar-refractivity contribution in [3.05, 3.63) is 41.6 Å². The molecule has 3 heterocycles. The molecule has 1 fully saturated rings. The number of halogens is 3. The molecule has 25 heavy (non-hydrogen) atoms. The summed E-state index contributed by atoms with van der Waals surface area (Å²) in [4.78, 5) is 24.8. The van der Waals surface area contributed by atoms with E-state index in [0.29, 0.717) is 43.3 Å². The summed E-state index contributed by atoms with van der Waals surface area (Å²) < 4.78 is 37.7. The molecule has 0 aromatic carbocycles. The van der Waals surface area contributed by atoms with E-state index in [1.807, 2.05) is 4.90 Å². The average Bonchev–Trinajstić information content (AvgIpc) is 3.02. The number of hydrogen-bond acceptors (Lipinski definition) is 4. The molecular formula is C16H18F3N5O. The largest absolute Gasteiger partial charge is 0.417 e. The highest BCUT2D eigenvalue weighted by Crippen LogP contribution is 2.29. The summed E-state index contributed by atoms with van der Waals surface area (Å²) >= 11 is 0. The maximum atomic E-state index is 12.6. The van der Waals surface area contributed by atoms with Gasteiger partial charge in [-0.25, -0.2) is 9.97 Å². The number of aryl methyl sites for hydroxylation is 1. The monoisotopic (exact) mass is 353 g/mol. The molecule has 3 rings (SSSR count). The summed E-state index contributed by atoms with van der Waals surface area (Å²) in [6.07, 6.45) is -0.646. The summed E-state index contributed by atoms with van der Waals surface area (Å²) in [5.41, 5.74) is -0.336. The van der Waals surface area contributed by atoms with Gasteiger partial charge in [0.25, 0.3) is 5.91 Å². The zero-order valence-corrected chi connectivity index (χ0v) is 13.6. The Labute approximate surface area is 142 Å². The van der Waals surface area contributed by atoms with Gasteiger partial charge in [-0.3, -0.25) is 4.79 Å². The highest BCUT2D eigenvalue weighted by molar-refractivity contribution is 5.92. The molecular weight excluding hydrogens is 335 g/mol. The van der Waals surface area contributed by atoms with Crippen LogP contribution in [0.15, 0.2) is 24.5 Å². The molecule has 1 saturated heterocycles. The lowest BCUT2D eigenvalue weighted by molar-refractivity contribution is -0.137. The zero-order chi connectivity index (χ0) is 18.0. The molecule has 0 spiro atoms. The van der Waals surface area contributed by atoms with Gasteiger partial charge in [0.1, 0.15) is 17.3 Å². The van der Waals surface area contributed by atoms with Gasteiger partial charge in [-0.2, -0.15) is 13.2 Å². The minimum absolute atomic E-state index is 0.0156. The molecule has 9 heteroatoms. The van der Waals surface area contributed by atoms with Crippen molar-refractivity contribution < 1.29 is 18.0 Å². The molecule has 0 unspecified atom stereocenters. The summed E-state index contributed by atoms with van der Waals surface area (Å²) in [6, 6.07) is 2.44. The van der Waals surface area contributed by atoms with Crippen molar-refractivity contribution in [2.45, 2.75) is 32.0 Å². The van der Waals surface area contributed by atoms with Gasteiger partial charge in [-0.05, 0) is 31.9 Å². The Morgan fingerprint density at radius 1 is 1.24 bits per heavy atom. The number of anilines is 1. The normalized spacial score (nSPS) is 16.1. The maximum Gasteiger partial charge on any atom is 0.417 e. The predicted octanol–water partition coefficient (Wildman–Crippen LogP) is 2.53. The SMILES string of the molecule is Cc1ncc(C(=O)NC2CCN(c3ccc(C(F)(F)F)cn3)CC2)[nH]1. The number of aromatic amines is 1. The third kappa shape index (κ3) is 4.09. The van der Waals surface area contributed by atoms with Crippen molar-refractivity contribution in [1.82, 2.24) is 20.3 Å². The number of carbonyl (C=O) groups excluding carboxylic acids is 1. The second-order valence-corrected chi connectivity index (χ2v) is 6.02. The maximum absolute atomic E-state index is 12.6. The summed E-state index contributed by atoms with van der Waals surface area (Å²) in [5.74, 6) is 0.988. The van der Waals surface area contributed by atoms with Crippen LogP contribution in [0.2, 0.25) is 0 Å². The topological polar surface area (TPSA) is 73.9 Å². The standard InChI is InChI=1S/C16H18F3N5O/c1-10-20-9-13(22-10)15(25)23-12-4-6-24(7-5-12)14-3-2-11(8-21-14)16(17,18)19/h2-3,8-9,12H,4-7H2,1H3,(H,20,22)(H,23,25). The molecule has 2 aromatic heterocycles. The van der Waals surface area contributed by atoms with E-state index >= 15 is 0 Å². The molecule has 0 aliphatic carbocycles. The van der Waals surface area contributed by atoms with Crippen LogP contribution in [0.5, 0.6) is 0 Å². The zero-order valence-electron chi connectivity index (χ0n) is 13.6. The number of H-pyrrole nitrogens is 1. The van der Waals surface area contributed by atoms with Gasteiger partial charge in [0.2, 0.25) is 0 Å². The number of amides is 1. The number of piperidine rings is 1. The third-order valence-corrected chi connectivity index (χ3v) is 4.18. The second-order valence-electron chi connectivity index (χ2n) is 6.02. The van der Waals surface area contributed by atoms with Crippen LogP contribution in [0.3, 0.4) is 0 Å². The first-order chi connectivity index (χ1) is 11.8. The lowest BCUT2D eigenvalue weighted by Gasteiger charge is -2.33. The fraction of sp³-hybridized carbons (Fsp3) is 0.438. The predicted molar refractivity (Wildman–Crippen MR) is 85.3 cm³/mol. The van der Waals surface area contributed by atoms with Gasteiger partial charge in [0.05, 0.1) is 11.8 Å². The van der Waals surface area contributed by atoms with Gasteiger partial charge >= 0.3 is 6.18 Å². The van der Waals surface area contributed by atoms with Crippen LogP contribution < -0.4 is 10.2 Å². The molecule has 134 valence electrons. The molecule has 1 amide bonds. The summed E-state index contributed by atoms with van der Waals surface area (Å²) in [5, 5.41) is 2.94. The third-order valence-electron chi connectivity index (χ3n) is 4.18. The van der Waals surface area contributed by atoms with Crippen LogP contribution in [0, 0.1) is 6.92 Å². The first-order valence-electron chi connectivity index (χ1n) is 7.93. The van der Waals surface area contributed by atoms with E-state index in [0.717, 1.165) is 12.3 Å². The van der Waals surface area contributed by atoms with Crippen LogP contribution in [0.25, 0.3) is 0 Å². The number of hydrogen-bond donors (Lipinski definition) is 2. The molecule has 1 aliphatic rings. The number of aromatic nitrogens is 3. The minimum atomic E-state index is -4.38. The lowest BCUT2D eigenvalue weighted by atomic mass is 10.0. The van der Waals surface area contributed by atoms with Crippen molar-refractivity contribution in [2.24, 2.45) is 0 Å². The molecule has 0 saturated carbocycles. The molecule has 6 nitrogen and oxygen atoms in total. The number of pyridine rings is 1. The Bertz CT molecular complexity index is 733. The second kappa shape index (κ2) is 6.73. The van der Waals surface area contributed by atoms with Crippen LogP contribution in [0.4, 0.5) is 19.0 Å². The Balaban J connectivity index is 1.54. The number of nitrogens with one attached hydrogen (secondary N) is 2. The number of rotatable bonds is 3. The van der Waals surface area contributed by atoms with Gasteiger partial charge in [-0.1, -0.05) is 0 Å². The van der Waals surface area contributed by atoms with Crippen molar-refractivity contribution in [3.63, 3.8) is 0 Å². The Morgan fingerprint density at radius 2 is 1.96 bits per heavy atom. The van der Waals surface area contributed by atoms with Crippen LogP contribution in [0.1, 0.15) is 34.7 Å². The summed E-state index contributed by atoms with van der Waals surface area (Å²) in [6.45, 7) is 3.00.